The number of carbonyl (C=O) groups is 1. The van der Waals surface area contributed by atoms with Crippen LogP contribution in [0.4, 0.5) is 6.01 Å². The fourth-order valence-corrected chi connectivity index (χ4v) is 3.32. The molecule has 1 saturated heterocycles. The van der Waals surface area contributed by atoms with Gasteiger partial charge in [0.1, 0.15) is 0 Å². The van der Waals surface area contributed by atoms with Crippen LogP contribution in [0.2, 0.25) is 0 Å². The third-order valence-corrected chi connectivity index (χ3v) is 4.61. The molecule has 0 bridgehead atoms. The summed E-state index contributed by atoms with van der Waals surface area (Å²) in [6.45, 7) is 4.45. The highest BCUT2D eigenvalue weighted by molar-refractivity contribution is 5.94. The molecule has 1 aliphatic heterocycles. The van der Waals surface area contributed by atoms with Gasteiger partial charge in [-0.15, -0.1) is 5.10 Å². The summed E-state index contributed by atoms with van der Waals surface area (Å²) in [6, 6.07) is 0.534. The van der Waals surface area contributed by atoms with E-state index in [0.717, 1.165) is 30.5 Å². The molecule has 1 amide bonds. The van der Waals surface area contributed by atoms with Crippen molar-refractivity contribution in [3.8, 4) is 0 Å². The van der Waals surface area contributed by atoms with Crippen LogP contribution in [0.3, 0.4) is 0 Å². The van der Waals surface area contributed by atoms with Crippen LogP contribution in [0.15, 0.2) is 4.42 Å². The molecule has 8 nitrogen and oxygen atoms in total. The van der Waals surface area contributed by atoms with E-state index in [-0.39, 0.29) is 5.91 Å². The average Bonchev–Trinajstić information content (AvgIpc) is 3.21. The summed E-state index contributed by atoms with van der Waals surface area (Å²) in [5, 5.41) is 15.2. The molecule has 2 aliphatic rings. The number of hydrogen-bond acceptors (Lipinski definition) is 6. The van der Waals surface area contributed by atoms with Gasteiger partial charge in [-0.2, -0.15) is 5.10 Å². The molecular weight excluding hydrogens is 296 g/mol. The maximum atomic E-state index is 12.8. The van der Waals surface area contributed by atoms with E-state index in [0.29, 0.717) is 43.8 Å². The first-order chi connectivity index (χ1) is 11.2. The Morgan fingerprint density at radius 3 is 2.65 bits per heavy atom. The summed E-state index contributed by atoms with van der Waals surface area (Å²) < 4.78 is 5.45. The number of aromatic nitrogens is 4. The van der Waals surface area contributed by atoms with E-state index < -0.39 is 0 Å². The summed E-state index contributed by atoms with van der Waals surface area (Å²) in [6.07, 6.45) is 4.26. The molecule has 3 heterocycles. The third kappa shape index (κ3) is 2.58. The number of anilines is 1. The predicted molar refractivity (Wildman–Crippen MR) is 82.4 cm³/mol. The fraction of sp³-hybridized carbons (Fsp3) is 0.600. The summed E-state index contributed by atoms with van der Waals surface area (Å²) >= 11 is 0. The number of H-pyrrole nitrogens is 1. The van der Waals surface area contributed by atoms with E-state index in [1.54, 1.807) is 6.92 Å². The largest absolute Gasteiger partial charge is 0.408 e. The number of hydrogen-bond donors (Lipinski definition) is 1. The van der Waals surface area contributed by atoms with Crippen molar-refractivity contribution in [2.75, 3.05) is 31.1 Å². The standard InChI is InChI=1S/C15H20N6O2/c1-10-16-19-15(23-10)21-8-6-20(7-9-21)14(22)13-11-4-2-3-5-12(11)17-18-13/h2-9H2,1H3,(H,17,18). The topological polar surface area (TPSA) is 91.2 Å². The molecule has 4 rings (SSSR count). The van der Waals surface area contributed by atoms with E-state index in [2.05, 4.69) is 20.4 Å². The Labute approximate surface area is 133 Å². The van der Waals surface area contributed by atoms with Crippen molar-refractivity contribution in [2.24, 2.45) is 0 Å². The second-order valence-electron chi connectivity index (χ2n) is 6.12. The number of aryl methyl sites for hydroxylation is 2. The van der Waals surface area contributed by atoms with Gasteiger partial charge in [0.15, 0.2) is 5.69 Å². The van der Waals surface area contributed by atoms with Crippen LogP contribution in [0.5, 0.6) is 0 Å². The molecule has 2 aromatic rings. The molecule has 1 N–H and O–H groups in total. The average molecular weight is 316 g/mol. The summed E-state index contributed by atoms with van der Waals surface area (Å²) in [5.41, 5.74) is 2.87. The quantitative estimate of drug-likeness (QED) is 0.887. The lowest BCUT2D eigenvalue weighted by molar-refractivity contribution is 0.0737. The lowest BCUT2D eigenvalue weighted by Crippen LogP contribution is -2.49. The van der Waals surface area contributed by atoms with Crippen LogP contribution in [-0.4, -0.2) is 57.4 Å². The van der Waals surface area contributed by atoms with E-state index in [4.69, 9.17) is 4.42 Å². The Balaban J connectivity index is 1.44. The van der Waals surface area contributed by atoms with Crippen LogP contribution >= 0.6 is 0 Å². The SMILES string of the molecule is Cc1nnc(N2CCN(C(=O)c3n[nH]c4c3CCCC4)CC2)o1. The molecule has 1 fully saturated rings. The molecule has 0 saturated carbocycles. The molecule has 1 aliphatic carbocycles. The van der Waals surface area contributed by atoms with Crippen molar-refractivity contribution < 1.29 is 9.21 Å². The first kappa shape index (κ1) is 14.2. The molecule has 2 aromatic heterocycles. The van der Waals surface area contributed by atoms with E-state index in [1.165, 1.54) is 6.42 Å². The van der Waals surface area contributed by atoms with Crippen molar-refractivity contribution in [1.29, 1.82) is 0 Å². The molecule has 0 spiro atoms. The second-order valence-corrected chi connectivity index (χ2v) is 6.12. The zero-order valence-corrected chi connectivity index (χ0v) is 13.2. The van der Waals surface area contributed by atoms with Crippen LogP contribution in [0.25, 0.3) is 0 Å². The van der Waals surface area contributed by atoms with Crippen LogP contribution in [-0.2, 0) is 12.8 Å². The molecular formula is C15H20N6O2. The highest BCUT2D eigenvalue weighted by atomic mass is 16.4. The Hall–Kier alpha value is -2.38. The number of rotatable bonds is 2. The smallest absolute Gasteiger partial charge is 0.318 e. The Morgan fingerprint density at radius 2 is 1.91 bits per heavy atom. The van der Waals surface area contributed by atoms with Gasteiger partial charge in [-0.1, -0.05) is 5.10 Å². The number of fused-ring (bicyclic) bond motifs is 1. The van der Waals surface area contributed by atoms with Gasteiger partial charge < -0.3 is 14.2 Å². The van der Waals surface area contributed by atoms with Crippen molar-refractivity contribution in [3.05, 3.63) is 22.8 Å². The van der Waals surface area contributed by atoms with Crippen LogP contribution in [0.1, 0.15) is 40.5 Å². The van der Waals surface area contributed by atoms with Crippen molar-refractivity contribution >= 4 is 11.9 Å². The summed E-state index contributed by atoms with van der Waals surface area (Å²) in [4.78, 5) is 16.6. The molecule has 0 unspecified atom stereocenters. The van der Waals surface area contributed by atoms with Gasteiger partial charge in [0, 0.05) is 44.4 Å². The minimum absolute atomic E-state index is 0.0331. The number of carbonyl (C=O) groups excluding carboxylic acids is 1. The first-order valence-corrected chi connectivity index (χ1v) is 8.13. The Morgan fingerprint density at radius 1 is 1.13 bits per heavy atom. The van der Waals surface area contributed by atoms with Gasteiger partial charge in [-0.05, 0) is 25.7 Å². The van der Waals surface area contributed by atoms with E-state index in [9.17, 15) is 4.79 Å². The monoisotopic (exact) mass is 316 g/mol. The normalized spacial score (nSPS) is 18.1. The van der Waals surface area contributed by atoms with Gasteiger partial charge in [0.25, 0.3) is 5.91 Å². The minimum Gasteiger partial charge on any atom is -0.408 e. The predicted octanol–water partition coefficient (Wildman–Crippen LogP) is 0.942. The van der Waals surface area contributed by atoms with Crippen LogP contribution in [0, 0.1) is 6.92 Å². The van der Waals surface area contributed by atoms with Crippen LogP contribution < -0.4 is 4.90 Å². The number of aromatic amines is 1. The lowest BCUT2D eigenvalue weighted by Gasteiger charge is -2.33. The van der Waals surface area contributed by atoms with Crippen molar-refractivity contribution in [2.45, 2.75) is 32.6 Å². The second kappa shape index (κ2) is 5.68. The number of nitrogens with zero attached hydrogens (tertiary/aromatic N) is 5. The molecule has 0 aromatic carbocycles. The van der Waals surface area contributed by atoms with Gasteiger partial charge >= 0.3 is 6.01 Å². The summed E-state index contributed by atoms with van der Waals surface area (Å²) in [5.74, 6) is 0.590. The zero-order chi connectivity index (χ0) is 15.8. The molecule has 8 heteroatoms. The van der Waals surface area contributed by atoms with Gasteiger partial charge in [-0.3, -0.25) is 9.89 Å². The van der Waals surface area contributed by atoms with Gasteiger partial charge in [-0.25, -0.2) is 0 Å². The number of piperazine rings is 1. The van der Waals surface area contributed by atoms with Crippen molar-refractivity contribution in [3.63, 3.8) is 0 Å². The zero-order valence-electron chi connectivity index (χ0n) is 13.2. The van der Waals surface area contributed by atoms with Gasteiger partial charge in [0.2, 0.25) is 5.89 Å². The molecule has 0 atom stereocenters. The molecule has 122 valence electrons. The van der Waals surface area contributed by atoms with E-state index in [1.807, 2.05) is 9.80 Å². The number of amides is 1. The van der Waals surface area contributed by atoms with Crippen molar-refractivity contribution in [1.82, 2.24) is 25.3 Å². The lowest BCUT2D eigenvalue weighted by atomic mass is 9.95. The molecule has 23 heavy (non-hydrogen) atoms. The number of nitrogens with one attached hydrogen (secondary N) is 1. The highest BCUT2D eigenvalue weighted by Crippen LogP contribution is 2.23. The summed E-state index contributed by atoms with van der Waals surface area (Å²) in [7, 11) is 0. The first-order valence-electron chi connectivity index (χ1n) is 8.13. The minimum atomic E-state index is 0.0331. The maximum absolute atomic E-state index is 12.8. The maximum Gasteiger partial charge on any atom is 0.318 e. The Bertz CT molecular complexity index is 713. The fourth-order valence-electron chi connectivity index (χ4n) is 3.32. The third-order valence-electron chi connectivity index (χ3n) is 4.61. The Kier molecular flexibility index (Phi) is 3.51. The molecule has 0 radical (unpaired) electrons. The van der Waals surface area contributed by atoms with E-state index >= 15 is 0 Å². The highest BCUT2D eigenvalue weighted by Gasteiger charge is 2.29. The van der Waals surface area contributed by atoms with Gasteiger partial charge in [0.05, 0.1) is 0 Å².